The van der Waals surface area contributed by atoms with Crippen LogP contribution in [0.1, 0.15) is 34.2 Å². The van der Waals surface area contributed by atoms with Crippen molar-refractivity contribution in [3.8, 4) is 0 Å². The molecule has 5 nitrogen and oxygen atoms in total. The van der Waals surface area contributed by atoms with E-state index in [4.69, 9.17) is 0 Å². The Morgan fingerprint density at radius 2 is 2.13 bits per heavy atom. The molecule has 118 valence electrons. The summed E-state index contributed by atoms with van der Waals surface area (Å²) < 4.78 is 0. The largest absolute Gasteiger partial charge is 0.393 e. The van der Waals surface area contributed by atoms with Gasteiger partial charge in [-0.1, -0.05) is 24.3 Å². The fourth-order valence-electron chi connectivity index (χ4n) is 3.14. The van der Waals surface area contributed by atoms with E-state index in [2.05, 4.69) is 15.5 Å². The van der Waals surface area contributed by atoms with Gasteiger partial charge in [0.05, 0.1) is 17.7 Å². The Hall–Kier alpha value is -2.18. The molecular formula is C17H17N3O2S. The first kappa shape index (κ1) is 14.4. The van der Waals surface area contributed by atoms with Gasteiger partial charge in [0, 0.05) is 10.3 Å². The minimum atomic E-state index is -0.245. The summed E-state index contributed by atoms with van der Waals surface area (Å²) in [7, 11) is 0. The molecule has 0 radical (unpaired) electrons. The Morgan fingerprint density at radius 1 is 1.30 bits per heavy atom. The van der Waals surface area contributed by atoms with Gasteiger partial charge >= 0.3 is 0 Å². The molecule has 1 aliphatic carbocycles. The van der Waals surface area contributed by atoms with Gasteiger partial charge in [-0.3, -0.25) is 9.89 Å². The van der Waals surface area contributed by atoms with Gasteiger partial charge in [-0.15, -0.1) is 11.3 Å². The van der Waals surface area contributed by atoms with Crippen LogP contribution >= 0.6 is 11.3 Å². The van der Waals surface area contributed by atoms with E-state index in [1.807, 2.05) is 41.8 Å². The second-order valence-electron chi connectivity index (χ2n) is 5.97. The van der Waals surface area contributed by atoms with E-state index in [-0.39, 0.29) is 24.0 Å². The first-order valence-electron chi connectivity index (χ1n) is 7.68. The van der Waals surface area contributed by atoms with Crippen molar-refractivity contribution < 1.29 is 9.90 Å². The van der Waals surface area contributed by atoms with Crippen LogP contribution in [0.3, 0.4) is 0 Å². The van der Waals surface area contributed by atoms with Gasteiger partial charge in [0.1, 0.15) is 0 Å². The predicted octanol–water partition coefficient (Wildman–Crippen LogP) is 2.87. The second-order valence-corrected chi connectivity index (χ2v) is 6.95. The van der Waals surface area contributed by atoms with Gasteiger partial charge in [0.2, 0.25) is 0 Å². The summed E-state index contributed by atoms with van der Waals surface area (Å²) in [4.78, 5) is 13.8. The zero-order chi connectivity index (χ0) is 15.8. The van der Waals surface area contributed by atoms with Crippen molar-refractivity contribution in [1.82, 2.24) is 15.5 Å². The SMILES string of the molecule is O=C(N[C@@H](c1cccs1)C1CC(O)C1)c1n[nH]c2ccccc12. The summed E-state index contributed by atoms with van der Waals surface area (Å²) in [5.74, 6) is 0.0973. The number of H-pyrrole nitrogens is 1. The lowest BCUT2D eigenvalue weighted by Gasteiger charge is -2.37. The molecule has 1 saturated carbocycles. The van der Waals surface area contributed by atoms with E-state index in [9.17, 15) is 9.90 Å². The van der Waals surface area contributed by atoms with Crippen molar-refractivity contribution in [1.29, 1.82) is 0 Å². The molecule has 1 amide bonds. The Balaban J connectivity index is 1.60. The van der Waals surface area contributed by atoms with Crippen molar-refractivity contribution in [3.63, 3.8) is 0 Å². The topological polar surface area (TPSA) is 78.0 Å². The third-order valence-electron chi connectivity index (χ3n) is 4.44. The van der Waals surface area contributed by atoms with E-state index in [1.165, 1.54) is 0 Å². The molecule has 3 aromatic rings. The summed E-state index contributed by atoms with van der Waals surface area (Å²) in [6.45, 7) is 0. The quantitative estimate of drug-likeness (QED) is 0.689. The highest BCUT2D eigenvalue weighted by molar-refractivity contribution is 7.10. The molecule has 0 aliphatic heterocycles. The van der Waals surface area contributed by atoms with Crippen LogP contribution in [0.5, 0.6) is 0 Å². The summed E-state index contributed by atoms with van der Waals surface area (Å²) in [5.41, 5.74) is 1.27. The van der Waals surface area contributed by atoms with Crippen molar-refractivity contribution in [2.45, 2.75) is 25.0 Å². The highest BCUT2D eigenvalue weighted by atomic mass is 32.1. The molecule has 0 spiro atoms. The fourth-order valence-corrected chi connectivity index (χ4v) is 4.01. The number of aromatic amines is 1. The molecule has 0 unspecified atom stereocenters. The van der Waals surface area contributed by atoms with Crippen LogP contribution in [0.4, 0.5) is 0 Å². The van der Waals surface area contributed by atoms with Gasteiger partial charge in [-0.2, -0.15) is 5.10 Å². The number of aromatic nitrogens is 2. The monoisotopic (exact) mass is 327 g/mol. The molecule has 23 heavy (non-hydrogen) atoms. The predicted molar refractivity (Wildman–Crippen MR) is 89.4 cm³/mol. The number of benzene rings is 1. The van der Waals surface area contributed by atoms with Crippen molar-refractivity contribution in [3.05, 3.63) is 52.3 Å². The van der Waals surface area contributed by atoms with Gasteiger partial charge in [0.25, 0.3) is 5.91 Å². The van der Waals surface area contributed by atoms with Gasteiger partial charge in [0.15, 0.2) is 5.69 Å². The number of hydrogen-bond acceptors (Lipinski definition) is 4. The lowest BCUT2D eigenvalue weighted by Crippen LogP contribution is -2.41. The molecule has 3 N–H and O–H groups in total. The third-order valence-corrected chi connectivity index (χ3v) is 5.40. The highest BCUT2D eigenvalue weighted by Gasteiger charge is 2.36. The number of nitrogens with one attached hydrogen (secondary N) is 2. The normalized spacial score (nSPS) is 21.8. The van der Waals surface area contributed by atoms with Crippen molar-refractivity contribution in [2.24, 2.45) is 5.92 Å². The van der Waals surface area contributed by atoms with E-state index in [0.717, 1.165) is 28.6 Å². The molecule has 2 heterocycles. The van der Waals surface area contributed by atoms with Gasteiger partial charge in [-0.05, 0) is 36.3 Å². The highest BCUT2D eigenvalue weighted by Crippen LogP contribution is 2.39. The Kier molecular flexibility index (Phi) is 3.63. The van der Waals surface area contributed by atoms with Crippen LogP contribution in [-0.4, -0.2) is 27.3 Å². The minimum absolute atomic E-state index is 0.0682. The number of amides is 1. The van der Waals surface area contributed by atoms with Crippen molar-refractivity contribution >= 4 is 28.1 Å². The fraction of sp³-hybridized carbons (Fsp3) is 0.294. The van der Waals surface area contributed by atoms with Gasteiger partial charge < -0.3 is 10.4 Å². The maximum Gasteiger partial charge on any atom is 0.272 e. The number of aliphatic hydroxyl groups is 1. The van der Waals surface area contributed by atoms with Crippen LogP contribution in [0.2, 0.25) is 0 Å². The first-order valence-corrected chi connectivity index (χ1v) is 8.56. The molecule has 2 aromatic heterocycles. The lowest BCUT2D eigenvalue weighted by molar-refractivity contribution is 0.0241. The number of carbonyl (C=O) groups excluding carboxylic acids is 1. The number of fused-ring (bicyclic) bond motifs is 1. The summed E-state index contributed by atoms with van der Waals surface area (Å²) in [5, 5.41) is 22.6. The maximum atomic E-state index is 12.7. The number of carbonyl (C=O) groups is 1. The van der Waals surface area contributed by atoms with E-state index >= 15 is 0 Å². The van der Waals surface area contributed by atoms with E-state index in [1.54, 1.807) is 11.3 Å². The van der Waals surface area contributed by atoms with Crippen LogP contribution in [0, 0.1) is 5.92 Å². The number of aliphatic hydroxyl groups excluding tert-OH is 1. The minimum Gasteiger partial charge on any atom is -0.393 e. The number of hydrogen-bond donors (Lipinski definition) is 3. The molecule has 1 atom stereocenters. The third kappa shape index (κ3) is 2.64. The Bertz CT molecular complexity index is 821. The zero-order valence-electron chi connectivity index (χ0n) is 12.4. The van der Waals surface area contributed by atoms with Crippen LogP contribution < -0.4 is 5.32 Å². The lowest BCUT2D eigenvalue weighted by atomic mass is 9.76. The van der Waals surface area contributed by atoms with Crippen molar-refractivity contribution in [2.75, 3.05) is 0 Å². The molecule has 6 heteroatoms. The van der Waals surface area contributed by atoms with Crippen LogP contribution in [0.15, 0.2) is 41.8 Å². The average Bonchev–Trinajstić information content (AvgIpc) is 3.18. The second kappa shape index (κ2) is 5.79. The van der Waals surface area contributed by atoms with E-state index < -0.39 is 0 Å². The molecule has 0 saturated heterocycles. The number of para-hydroxylation sites is 1. The standard InChI is InChI=1S/C17H17N3O2S/c21-11-8-10(9-11)15(14-6-3-7-23-14)18-17(22)16-12-4-1-2-5-13(12)19-20-16/h1-7,10-11,15,21H,8-9H2,(H,18,22)(H,19,20)/t10?,11?,15-/m1/s1. The van der Waals surface area contributed by atoms with Crippen LogP contribution in [0.25, 0.3) is 10.9 Å². The Morgan fingerprint density at radius 3 is 2.87 bits per heavy atom. The smallest absolute Gasteiger partial charge is 0.272 e. The molecule has 4 rings (SSSR count). The number of thiophene rings is 1. The average molecular weight is 327 g/mol. The summed E-state index contributed by atoms with van der Waals surface area (Å²) in [6, 6.07) is 11.5. The molecule has 1 fully saturated rings. The summed E-state index contributed by atoms with van der Waals surface area (Å²) in [6.07, 6.45) is 1.21. The maximum absolute atomic E-state index is 12.7. The zero-order valence-corrected chi connectivity index (χ0v) is 13.2. The van der Waals surface area contributed by atoms with E-state index in [0.29, 0.717) is 5.69 Å². The van der Waals surface area contributed by atoms with Crippen LogP contribution in [-0.2, 0) is 0 Å². The van der Waals surface area contributed by atoms with Gasteiger partial charge in [-0.25, -0.2) is 0 Å². The molecule has 1 aliphatic rings. The number of nitrogens with zero attached hydrogens (tertiary/aromatic N) is 1. The Labute approximate surface area is 137 Å². The first-order chi connectivity index (χ1) is 11.2. The molecule has 0 bridgehead atoms. The molecule has 1 aromatic carbocycles. The number of rotatable bonds is 4. The molecular weight excluding hydrogens is 310 g/mol. The summed E-state index contributed by atoms with van der Waals surface area (Å²) >= 11 is 1.63.